The summed E-state index contributed by atoms with van der Waals surface area (Å²) >= 11 is 0. The number of aromatic nitrogens is 4. The zero-order valence-corrected chi connectivity index (χ0v) is 12.9. The molecule has 3 aromatic rings. The van der Waals surface area contributed by atoms with Gasteiger partial charge in [-0.05, 0) is 18.2 Å². The molecule has 0 N–H and O–H groups in total. The highest BCUT2D eigenvalue weighted by atomic mass is 19.1. The number of amides is 1. The maximum atomic E-state index is 13.5. The molecule has 4 rings (SSSR count). The molecule has 0 saturated carbocycles. The highest BCUT2D eigenvalue weighted by Crippen LogP contribution is 2.32. The third-order valence-electron chi connectivity index (χ3n) is 4.14. The van der Waals surface area contributed by atoms with Crippen LogP contribution in [-0.4, -0.2) is 24.6 Å². The molecule has 0 atom stereocenters. The van der Waals surface area contributed by atoms with E-state index in [-0.39, 0.29) is 29.6 Å². The number of anilines is 2. The standard InChI is InChI=1S/C15H12FN5O3/c1-18-12-11(13(23)19(2)15(18)24)20-7-10(22)21(14(20)17-12)9-5-3-4-8(16)6-9/h3-6H,7H2,1-2H3. The van der Waals surface area contributed by atoms with Gasteiger partial charge in [0.25, 0.3) is 11.5 Å². The molecule has 0 aliphatic carbocycles. The molecule has 1 aliphatic heterocycles. The molecule has 1 amide bonds. The minimum absolute atomic E-state index is 0.101. The van der Waals surface area contributed by atoms with E-state index in [0.29, 0.717) is 5.69 Å². The molecule has 3 heterocycles. The van der Waals surface area contributed by atoms with Crippen LogP contribution in [0.1, 0.15) is 0 Å². The molecule has 0 saturated heterocycles. The monoisotopic (exact) mass is 329 g/mol. The number of nitrogens with zero attached hydrogens (tertiary/aromatic N) is 5. The molecule has 0 radical (unpaired) electrons. The third kappa shape index (κ3) is 1.72. The van der Waals surface area contributed by atoms with Crippen LogP contribution < -0.4 is 16.1 Å². The number of carbonyl (C=O) groups excluding carboxylic acids is 1. The van der Waals surface area contributed by atoms with Gasteiger partial charge in [-0.3, -0.25) is 23.3 Å². The summed E-state index contributed by atoms with van der Waals surface area (Å²) in [6.07, 6.45) is 0. The number of halogens is 1. The highest BCUT2D eigenvalue weighted by molar-refractivity contribution is 6.04. The fourth-order valence-electron chi connectivity index (χ4n) is 2.95. The Labute approximate surface area is 134 Å². The van der Waals surface area contributed by atoms with Crippen molar-refractivity contribution in [1.29, 1.82) is 0 Å². The first-order chi connectivity index (χ1) is 11.4. The quantitative estimate of drug-likeness (QED) is 0.641. The Morgan fingerprint density at radius 1 is 1.12 bits per heavy atom. The maximum absolute atomic E-state index is 13.5. The van der Waals surface area contributed by atoms with Crippen LogP contribution in [0.25, 0.3) is 11.2 Å². The molecule has 9 heteroatoms. The number of hydrogen-bond acceptors (Lipinski definition) is 4. The van der Waals surface area contributed by atoms with E-state index < -0.39 is 17.1 Å². The van der Waals surface area contributed by atoms with Crippen LogP contribution in [0.3, 0.4) is 0 Å². The topological polar surface area (TPSA) is 82.1 Å². The zero-order chi connectivity index (χ0) is 17.2. The molecule has 1 aliphatic rings. The minimum Gasteiger partial charge on any atom is -0.294 e. The average Bonchev–Trinajstić information content (AvgIpc) is 3.05. The van der Waals surface area contributed by atoms with Crippen molar-refractivity contribution in [3.8, 4) is 0 Å². The van der Waals surface area contributed by atoms with E-state index in [9.17, 15) is 18.8 Å². The SMILES string of the molecule is Cn1c(=O)c2c(nc3n2CC(=O)N3c2cccc(F)c2)n(C)c1=O. The fraction of sp³-hybridized carbons (Fsp3) is 0.200. The van der Waals surface area contributed by atoms with Gasteiger partial charge < -0.3 is 0 Å². The van der Waals surface area contributed by atoms with Gasteiger partial charge in [-0.2, -0.15) is 4.98 Å². The van der Waals surface area contributed by atoms with Crippen LogP contribution in [0.2, 0.25) is 0 Å². The summed E-state index contributed by atoms with van der Waals surface area (Å²) in [5.74, 6) is -0.627. The Hall–Kier alpha value is -3.23. The molecular formula is C15H12FN5O3. The summed E-state index contributed by atoms with van der Waals surface area (Å²) in [5.41, 5.74) is -0.363. The van der Waals surface area contributed by atoms with Gasteiger partial charge in [0.05, 0.1) is 5.69 Å². The van der Waals surface area contributed by atoms with Gasteiger partial charge >= 0.3 is 5.69 Å². The Balaban J connectivity index is 2.06. The summed E-state index contributed by atoms with van der Waals surface area (Å²) in [6, 6.07) is 5.54. The van der Waals surface area contributed by atoms with Crippen LogP contribution in [-0.2, 0) is 25.4 Å². The third-order valence-corrected chi connectivity index (χ3v) is 4.14. The second-order valence-electron chi connectivity index (χ2n) is 5.58. The van der Waals surface area contributed by atoms with Gasteiger partial charge in [-0.25, -0.2) is 14.1 Å². The first-order valence-corrected chi connectivity index (χ1v) is 7.15. The van der Waals surface area contributed by atoms with Crippen LogP contribution in [0.5, 0.6) is 0 Å². The molecule has 0 spiro atoms. The second-order valence-corrected chi connectivity index (χ2v) is 5.58. The molecule has 8 nitrogen and oxygen atoms in total. The Morgan fingerprint density at radius 3 is 2.58 bits per heavy atom. The van der Waals surface area contributed by atoms with E-state index in [2.05, 4.69) is 4.98 Å². The van der Waals surface area contributed by atoms with Crippen LogP contribution in [0.4, 0.5) is 16.0 Å². The lowest BCUT2D eigenvalue weighted by atomic mass is 10.3. The number of hydrogen-bond donors (Lipinski definition) is 0. The van der Waals surface area contributed by atoms with Crippen molar-refractivity contribution in [2.24, 2.45) is 14.1 Å². The summed E-state index contributed by atoms with van der Waals surface area (Å²) in [7, 11) is 2.87. The second kappa shape index (κ2) is 4.63. The molecule has 0 bridgehead atoms. The van der Waals surface area contributed by atoms with E-state index in [0.717, 1.165) is 4.57 Å². The minimum atomic E-state index is -0.527. The Morgan fingerprint density at radius 2 is 1.88 bits per heavy atom. The summed E-state index contributed by atoms with van der Waals surface area (Å²) in [6.45, 7) is -0.101. The molecular weight excluding hydrogens is 317 g/mol. The van der Waals surface area contributed by atoms with Crippen molar-refractivity contribution in [3.05, 3.63) is 50.9 Å². The van der Waals surface area contributed by atoms with Gasteiger partial charge in [0.2, 0.25) is 5.95 Å². The first kappa shape index (κ1) is 14.4. The smallest absolute Gasteiger partial charge is 0.294 e. The van der Waals surface area contributed by atoms with Crippen LogP contribution in [0.15, 0.2) is 33.9 Å². The molecule has 0 fully saturated rings. The maximum Gasteiger partial charge on any atom is 0.332 e. The van der Waals surface area contributed by atoms with Crippen molar-refractivity contribution >= 4 is 28.7 Å². The van der Waals surface area contributed by atoms with Crippen molar-refractivity contribution in [3.63, 3.8) is 0 Å². The van der Waals surface area contributed by atoms with E-state index in [4.69, 9.17) is 0 Å². The summed E-state index contributed by atoms with van der Waals surface area (Å²) in [4.78, 5) is 42.4. The zero-order valence-electron chi connectivity index (χ0n) is 12.9. The lowest BCUT2D eigenvalue weighted by Gasteiger charge is -2.13. The summed E-state index contributed by atoms with van der Waals surface area (Å²) in [5, 5.41) is 0. The Kier molecular flexibility index (Phi) is 2.77. The summed E-state index contributed by atoms with van der Waals surface area (Å²) < 4.78 is 17.2. The van der Waals surface area contributed by atoms with Gasteiger partial charge in [0, 0.05) is 14.1 Å². The Bertz CT molecular complexity index is 1140. The van der Waals surface area contributed by atoms with Gasteiger partial charge in [0.15, 0.2) is 11.2 Å². The normalized spacial score (nSPS) is 13.8. The number of benzene rings is 1. The predicted octanol–water partition coefficient (Wildman–Crippen LogP) is 0.251. The van der Waals surface area contributed by atoms with Gasteiger partial charge in [-0.15, -0.1) is 0 Å². The number of carbonyl (C=O) groups is 1. The predicted molar refractivity (Wildman–Crippen MR) is 83.8 cm³/mol. The van der Waals surface area contributed by atoms with E-state index in [1.807, 2.05) is 0 Å². The van der Waals surface area contributed by atoms with Crippen LogP contribution >= 0.6 is 0 Å². The van der Waals surface area contributed by atoms with Gasteiger partial charge in [0.1, 0.15) is 12.4 Å². The lowest BCUT2D eigenvalue weighted by Crippen LogP contribution is -2.37. The largest absolute Gasteiger partial charge is 0.332 e. The average molecular weight is 329 g/mol. The van der Waals surface area contributed by atoms with Gasteiger partial charge in [-0.1, -0.05) is 6.07 Å². The van der Waals surface area contributed by atoms with E-state index in [1.165, 1.54) is 46.3 Å². The van der Waals surface area contributed by atoms with Crippen LogP contribution in [0, 0.1) is 5.82 Å². The molecule has 24 heavy (non-hydrogen) atoms. The number of aryl methyl sites for hydroxylation is 1. The van der Waals surface area contributed by atoms with Crippen molar-refractivity contribution in [2.75, 3.05) is 4.90 Å². The molecule has 2 aromatic heterocycles. The fourth-order valence-corrected chi connectivity index (χ4v) is 2.95. The number of imidazole rings is 1. The molecule has 1 aromatic carbocycles. The van der Waals surface area contributed by atoms with Crippen molar-refractivity contribution in [2.45, 2.75) is 6.54 Å². The van der Waals surface area contributed by atoms with Crippen molar-refractivity contribution in [1.82, 2.24) is 18.7 Å². The van der Waals surface area contributed by atoms with E-state index >= 15 is 0 Å². The number of rotatable bonds is 1. The van der Waals surface area contributed by atoms with E-state index in [1.54, 1.807) is 6.07 Å². The molecule has 122 valence electrons. The number of fused-ring (bicyclic) bond motifs is 3. The lowest BCUT2D eigenvalue weighted by molar-refractivity contribution is -0.117. The highest BCUT2D eigenvalue weighted by Gasteiger charge is 2.34. The van der Waals surface area contributed by atoms with Crippen molar-refractivity contribution < 1.29 is 9.18 Å². The first-order valence-electron chi connectivity index (χ1n) is 7.15. The molecule has 0 unspecified atom stereocenters.